The molecule has 5 aromatic carbocycles. The molecule has 9 heteroatoms. The van der Waals surface area contributed by atoms with Crippen molar-refractivity contribution in [2.75, 3.05) is 0 Å². The number of rotatable bonds is 8. The summed E-state index contributed by atoms with van der Waals surface area (Å²) in [7, 11) is 0. The van der Waals surface area contributed by atoms with Gasteiger partial charge in [0.15, 0.2) is 5.82 Å². The van der Waals surface area contributed by atoms with Gasteiger partial charge in [0.2, 0.25) is 0 Å². The lowest BCUT2D eigenvalue weighted by Crippen LogP contribution is -1.97. The molecule has 0 N–H and O–H groups in total. The maximum atomic E-state index is 6.69. The highest BCUT2D eigenvalue weighted by molar-refractivity contribution is 6.10. The Kier molecular flexibility index (Phi) is 7.60. The number of benzene rings is 5. The van der Waals surface area contributed by atoms with E-state index in [0.717, 1.165) is 66.4 Å². The molecule has 0 bridgehead atoms. The Morgan fingerprint density at radius 3 is 1.44 bits per heavy atom. The predicted molar refractivity (Wildman–Crippen MR) is 222 cm³/mol. The molecule has 0 aliphatic carbocycles. The van der Waals surface area contributed by atoms with Gasteiger partial charge in [0, 0.05) is 70.1 Å². The van der Waals surface area contributed by atoms with E-state index in [1.165, 1.54) is 0 Å². The van der Waals surface area contributed by atoms with Crippen LogP contribution < -0.4 is 9.47 Å². The van der Waals surface area contributed by atoms with E-state index in [1.54, 1.807) is 18.7 Å². The van der Waals surface area contributed by atoms with E-state index in [0.29, 0.717) is 34.6 Å². The normalized spacial score (nSPS) is 11.5. The van der Waals surface area contributed by atoms with E-state index in [4.69, 9.17) is 23.9 Å². The van der Waals surface area contributed by atoms with Crippen LogP contribution in [0.1, 0.15) is 0 Å². The largest absolute Gasteiger partial charge is 0.464 e. The summed E-state index contributed by atoms with van der Waals surface area (Å²) in [5.74, 6) is 5.29. The van der Waals surface area contributed by atoms with Crippen LogP contribution in [0.3, 0.4) is 0 Å². The van der Waals surface area contributed by atoms with Gasteiger partial charge in [0.25, 0.3) is 0 Å². The molecule has 0 aliphatic rings. The van der Waals surface area contributed by atoms with Crippen LogP contribution in [-0.2, 0) is 0 Å². The topological polar surface area (TPSA) is 93.0 Å². The first-order chi connectivity index (χ1) is 28.2. The number of para-hydroxylation sites is 2. The summed E-state index contributed by atoms with van der Waals surface area (Å²) in [4.78, 5) is 18.8. The third-order valence-electron chi connectivity index (χ3n) is 10.1. The summed E-state index contributed by atoms with van der Waals surface area (Å²) >= 11 is 0. The number of hydrogen-bond acceptors (Lipinski definition) is 7. The molecular formula is C48H30N6O3. The molecule has 0 saturated carbocycles. The third kappa shape index (κ3) is 5.73. The average molecular weight is 739 g/mol. The lowest BCUT2D eigenvalue weighted by molar-refractivity contribution is 0.461. The van der Waals surface area contributed by atoms with E-state index in [2.05, 4.69) is 79.8 Å². The molecule has 0 fully saturated rings. The van der Waals surface area contributed by atoms with Crippen LogP contribution in [0.15, 0.2) is 187 Å². The van der Waals surface area contributed by atoms with Gasteiger partial charge in [-0.15, -0.1) is 0 Å². The van der Waals surface area contributed by atoms with Gasteiger partial charge < -0.3 is 13.9 Å². The number of fused-ring (bicyclic) bond motifs is 6. The molecule has 0 spiro atoms. The van der Waals surface area contributed by atoms with Gasteiger partial charge in [-0.3, -0.25) is 9.13 Å². The molecular weight excluding hydrogens is 709 g/mol. The molecule has 0 amide bonds. The van der Waals surface area contributed by atoms with E-state index in [1.807, 2.05) is 103 Å². The zero-order valence-electron chi connectivity index (χ0n) is 30.2. The lowest BCUT2D eigenvalue weighted by Gasteiger charge is -2.13. The molecule has 0 aliphatic heterocycles. The van der Waals surface area contributed by atoms with E-state index < -0.39 is 0 Å². The maximum absolute atomic E-state index is 6.69. The van der Waals surface area contributed by atoms with Gasteiger partial charge in [0.1, 0.15) is 40.4 Å². The van der Waals surface area contributed by atoms with Crippen molar-refractivity contribution in [1.82, 2.24) is 29.1 Å². The number of pyridine rings is 2. The molecule has 9 nitrogen and oxygen atoms in total. The third-order valence-corrected chi connectivity index (χ3v) is 10.1. The zero-order valence-corrected chi connectivity index (χ0v) is 30.2. The molecule has 11 rings (SSSR count). The van der Waals surface area contributed by atoms with Crippen molar-refractivity contribution < 1.29 is 13.9 Å². The molecule has 270 valence electrons. The van der Waals surface area contributed by atoms with Gasteiger partial charge in [0.05, 0.1) is 33.9 Å². The summed E-state index contributed by atoms with van der Waals surface area (Å²) in [5, 5.41) is 4.48. The van der Waals surface area contributed by atoms with Crippen molar-refractivity contribution in [3.8, 4) is 57.3 Å². The minimum absolute atomic E-state index is 0.511. The summed E-state index contributed by atoms with van der Waals surface area (Å²) in [6.07, 6.45) is 8.76. The Morgan fingerprint density at radius 1 is 0.404 bits per heavy atom. The van der Waals surface area contributed by atoms with Crippen molar-refractivity contribution in [3.63, 3.8) is 0 Å². The Balaban J connectivity index is 1.02. The Bertz CT molecular complexity index is 3050. The highest BCUT2D eigenvalue weighted by atomic mass is 16.5. The Hall–Kier alpha value is -8.04. The number of hydrogen-bond donors (Lipinski definition) is 0. The highest BCUT2D eigenvalue weighted by Gasteiger charge is 2.17. The number of nitrogens with zero attached hydrogens (tertiary/aromatic N) is 6. The molecule has 0 unspecified atom stereocenters. The van der Waals surface area contributed by atoms with Gasteiger partial charge in [-0.1, -0.05) is 48.5 Å². The first-order valence-electron chi connectivity index (χ1n) is 18.5. The summed E-state index contributed by atoms with van der Waals surface area (Å²) in [6.45, 7) is 0. The van der Waals surface area contributed by atoms with Gasteiger partial charge in [-0.25, -0.2) is 19.9 Å². The first kappa shape index (κ1) is 32.4. The summed E-state index contributed by atoms with van der Waals surface area (Å²) in [5.41, 5.74) is 5.59. The lowest BCUT2D eigenvalue weighted by atomic mass is 10.1. The van der Waals surface area contributed by atoms with Crippen LogP contribution in [0.4, 0.5) is 0 Å². The molecule has 6 aromatic heterocycles. The average Bonchev–Trinajstić information content (AvgIpc) is 4.00. The quantitative estimate of drug-likeness (QED) is 0.153. The van der Waals surface area contributed by atoms with E-state index >= 15 is 0 Å². The van der Waals surface area contributed by atoms with Crippen molar-refractivity contribution in [3.05, 3.63) is 183 Å². The fraction of sp³-hybridized carbons (Fsp3) is 0. The number of aromatic nitrogens is 6. The van der Waals surface area contributed by atoms with Gasteiger partial charge >= 0.3 is 0 Å². The standard InChI is InChI=1S/C48H30N6O3/c1-3-12-41-37(10-1)39-19-17-33(27-43(39)53(41)46-15-5-7-21-49-46)56-35-24-31(48-51-29-32(30-52-48)45-14-9-23-55-45)25-36(26-35)57-34-18-20-40-38-11-2-4-13-42(38)54(44(40)28-34)47-16-6-8-22-50-47/h1-30H. The molecule has 0 atom stereocenters. The van der Waals surface area contributed by atoms with Crippen LogP contribution in [-0.4, -0.2) is 29.1 Å². The smallest absolute Gasteiger partial charge is 0.159 e. The minimum Gasteiger partial charge on any atom is -0.464 e. The molecule has 6 heterocycles. The molecule has 0 radical (unpaired) electrons. The molecule has 0 saturated heterocycles. The van der Waals surface area contributed by atoms with Crippen LogP contribution in [0.5, 0.6) is 23.0 Å². The van der Waals surface area contributed by atoms with Crippen molar-refractivity contribution in [2.24, 2.45) is 0 Å². The number of furan rings is 1. The minimum atomic E-state index is 0.511. The second-order valence-electron chi connectivity index (χ2n) is 13.6. The SMILES string of the molecule is c1ccc(-n2c3ccccc3c3ccc(Oc4cc(Oc5ccc6c7ccccc7n(-c7ccccn7)c6c5)cc(-c5ncc(-c6ccco6)cn5)c4)cc32)nc1. The van der Waals surface area contributed by atoms with Crippen LogP contribution in [0.25, 0.3) is 78.0 Å². The summed E-state index contributed by atoms with van der Waals surface area (Å²) in [6, 6.07) is 50.3. The fourth-order valence-corrected chi connectivity index (χ4v) is 7.63. The summed E-state index contributed by atoms with van der Waals surface area (Å²) < 4.78 is 23.3. The first-order valence-corrected chi connectivity index (χ1v) is 18.5. The highest BCUT2D eigenvalue weighted by Crippen LogP contribution is 2.39. The van der Waals surface area contributed by atoms with Crippen LogP contribution in [0, 0.1) is 0 Å². The van der Waals surface area contributed by atoms with E-state index in [9.17, 15) is 0 Å². The van der Waals surface area contributed by atoms with Gasteiger partial charge in [-0.05, 0) is 84.9 Å². The van der Waals surface area contributed by atoms with Gasteiger partial charge in [-0.2, -0.15) is 0 Å². The second-order valence-corrected chi connectivity index (χ2v) is 13.6. The molecule has 57 heavy (non-hydrogen) atoms. The van der Waals surface area contributed by atoms with Crippen molar-refractivity contribution in [1.29, 1.82) is 0 Å². The number of ether oxygens (including phenoxy) is 2. The van der Waals surface area contributed by atoms with Crippen molar-refractivity contribution >= 4 is 43.6 Å². The monoisotopic (exact) mass is 738 g/mol. The van der Waals surface area contributed by atoms with Crippen molar-refractivity contribution in [2.45, 2.75) is 0 Å². The Morgan fingerprint density at radius 2 is 0.930 bits per heavy atom. The Labute approximate surface area is 325 Å². The predicted octanol–water partition coefficient (Wildman–Crippen LogP) is 12.0. The fourth-order valence-electron chi connectivity index (χ4n) is 7.63. The van der Waals surface area contributed by atoms with Crippen LogP contribution in [0.2, 0.25) is 0 Å². The maximum Gasteiger partial charge on any atom is 0.159 e. The van der Waals surface area contributed by atoms with E-state index in [-0.39, 0.29) is 0 Å². The molecule has 11 aromatic rings. The second kappa shape index (κ2) is 13.4. The zero-order chi connectivity index (χ0) is 37.7. The van der Waals surface area contributed by atoms with Crippen LogP contribution >= 0.6 is 0 Å².